The molecule has 1 aromatic heterocycles. The molecule has 0 radical (unpaired) electrons. The van der Waals surface area contributed by atoms with Crippen molar-refractivity contribution in [3.63, 3.8) is 0 Å². The molecule has 0 saturated heterocycles. The lowest BCUT2D eigenvalue weighted by Gasteiger charge is -2.19. The van der Waals surface area contributed by atoms with Crippen LogP contribution < -0.4 is 5.32 Å². The number of rotatable bonds is 1. The first-order chi connectivity index (χ1) is 11.6. The van der Waals surface area contributed by atoms with E-state index < -0.39 is 17.7 Å². The summed E-state index contributed by atoms with van der Waals surface area (Å²) in [6.45, 7) is 2.89. The Kier molecular flexibility index (Phi) is 4.08. The quantitative estimate of drug-likeness (QED) is 0.500. The molecule has 5 heteroatoms. The van der Waals surface area contributed by atoms with E-state index in [9.17, 15) is 8.78 Å². The highest BCUT2D eigenvalue weighted by atomic mass is 127. The maximum atomic E-state index is 14.6. The second-order valence-corrected chi connectivity index (χ2v) is 7.60. The van der Waals surface area contributed by atoms with Gasteiger partial charge in [-0.25, -0.2) is 8.78 Å². The van der Waals surface area contributed by atoms with E-state index in [0.717, 1.165) is 28.6 Å². The molecule has 2 atom stereocenters. The van der Waals surface area contributed by atoms with E-state index in [2.05, 4.69) is 23.3 Å². The van der Waals surface area contributed by atoms with Crippen LogP contribution in [0, 0.1) is 15.2 Å². The molecule has 0 amide bonds. The predicted molar refractivity (Wildman–Crippen MR) is 100 cm³/mol. The third-order valence-electron chi connectivity index (χ3n) is 4.82. The summed E-state index contributed by atoms with van der Waals surface area (Å²) in [5.74, 6) is -0.685. The molecule has 0 bridgehead atoms. The van der Waals surface area contributed by atoms with E-state index in [1.54, 1.807) is 0 Å². The molecular formula is C19H17F2IN2. The second kappa shape index (κ2) is 6.11. The Morgan fingerprint density at radius 1 is 1.08 bits per heavy atom. The summed E-state index contributed by atoms with van der Waals surface area (Å²) in [6.07, 6.45) is 0.930. The second-order valence-electron chi connectivity index (χ2n) is 6.36. The van der Waals surface area contributed by atoms with Crippen LogP contribution in [0.1, 0.15) is 42.1 Å². The zero-order valence-electron chi connectivity index (χ0n) is 13.2. The van der Waals surface area contributed by atoms with Crippen molar-refractivity contribution >= 4 is 33.5 Å². The molecule has 24 heavy (non-hydrogen) atoms. The molecule has 4 rings (SSSR count). The van der Waals surface area contributed by atoms with E-state index in [4.69, 9.17) is 0 Å². The van der Waals surface area contributed by atoms with Crippen molar-refractivity contribution in [2.45, 2.75) is 25.3 Å². The maximum Gasteiger partial charge on any atom is 0.132 e. The summed E-state index contributed by atoms with van der Waals surface area (Å²) in [6, 6.07) is 10.3. The molecule has 0 fully saturated rings. The van der Waals surface area contributed by atoms with E-state index in [1.807, 2.05) is 40.8 Å². The Morgan fingerprint density at radius 3 is 2.54 bits per heavy atom. The highest BCUT2D eigenvalue weighted by Gasteiger charge is 2.31. The van der Waals surface area contributed by atoms with Gasteiger partial charge in [-0.1, -0.05) is 25.1 Å². The van der Waals surface area contributed by atoms with E-state index >= 15 is 0 Å². The summed E-state index contributed by atoms with van der Waals surface area (Å²) < 4.78 is 29.7. The summed E-state index contributed by atoms with van der Waals surface area (Å²) in [4.78, 5) is 3.41. The SMILES string of the molecule is CC1CCNC(c2c(F)cc(I)cc2F)c2[nH]c3ccccc3c21. The summed E-state index contributed by atoms with van der Waals surface area (Å²) in [5, 5.41) is 4.47. The van der Waals surface area contributed by atoms with Crippen LogP contribution in [0.2, 0.25) is 0 Å². The van der Waals surface area contributed by atoms with Crippen LogP contribution in [-0.2, 0) is 0 Å². The fourth-order valence-corrected chi connectivity index (χ4v) is 4.26. The molecule has 2 nitrogen and oxygen atoms in total. The van der Waals surface area contributed by atoms with Crippen molar-refractivity contribution < 1.29 is 8.78 Å². The lowest BCUT2D eigenvalue weighted by atomic mass is 9.92. The molecule has 1 aliphatic rings. The van der Waals surface area contributed by atoms with Gasteiger partial charge in [0.15, 0.2) is 0 Å². The molecule has 2 heterocycles. The first-order valence-electron chi connectivity index (χ1n) is 8.04. The third-order valence-corrected chi connectivity index (χ3v) is 5.44. The molecule has 3 aromatic rings. The first-order valence-corrected chi connectivity index (χ1v) is 9.12. The lowest BCUT2D eigenvalue weighted by molar-refractivity contribution is 0.500. The van der Waals surface area contributed by atoms with Crippen LogP contribution in [-0.4, -0.2) is 11.5 Å². The highest BCUT2D eigenvalue weighted by Crippen LogP contribution is 2.39. The van der Waals surface area contributed by atoms with Crippen LogP contribution in [0.4, 0.5) is 8.78 Å². The van der Waals surface area contributed by atoms with Gasteiger partial charge in [-0.2, -0.15) is 0 Å². The number of benzene rings is 2. The molecule has 2 aromatic carbocycles. The van der Waals surface area contributed by atoms with Gasteiger partial charge in [0.1, 0.15) is 11.6 Å². The lowest BCUT2D eigenvalue weighted by Crippen LogP contribution is -2.24. The first kappa shape index (κ1) is 16.0. The van der Waals surface area contributed by atoms with Gasteiger partial charge < -0.3 is 10.3 Å². The summed E-state index contributed by atoms with van der Waals surface area (Å²) in [5.41, 5.74) is 3.14. The fraction of sp³-hybridized carbons (Fsp3) is 0.263. The van der Waals surface area contributed by atoms with Crippen LogP contribution in [0.15, 0.2) is 36.4 Å². The predicted octanol–water partition coefficient (Wildman–Crippen LogP) is 5.24. The average Bonchev–Trinajstić information content (AvgIpc) is 2.84. The maximum absolute atomic E-state index is 14.6. The van der Waals surface area contributed by atoms with Crippen LogP contribution >= 0.6 is 22.6 Å². The number of aromatic nitrogens is 1. The molecule has 0 aliphatic carbocycles. The van der Waals surface area contributed by atoms with Gasteiger partial charge in [-0.15, -0.1) is 0 Å². The standard InChI is InChI=1S/C19H17F2IN2/c1-10-6-7-23-18(17-13(20)8-11(22)9-14(17)21)19-16(10)12-4-2-3-5-15(12)24-19/h2-5,8-10,18,23-24H,6-7H2,1H3. The fourth-order valence-electron chi connectivity index (χ4n) is 3.71. The average molecular weight is 438 g/mol. The molecule has 0 spiro atoms. The van der Waals surface area contributed by atoms with Gasteiger partial charge >= 0.3 is 0 Å². The summed E-state index contributed by atoms with van der Waals surface area (Å²) >= 11 is 1.93. The number of nitrogens with one attached hydrogen (secondary N) is 2. The molecule has 1 aliphatic heterocycles. The Hall–Kier alpha value is -1.47. The number of para-hydroxylation sites is 1. The van der Waals surface area contributed by atoms with E-state index in [0.29, 0.717) is 16.0 Å². The van der Waals surface area contributed by atoms with Gasteiger partial charge in [-0.05, 0) is 65.2 Å². The molecule has 0 saturated carbocycles. The number of hydrogen-bond donors (Lipinski definition) is 2. The van der Waals surface area contributed by atoms with Crippen LogP contribution in [0.25, 0.3) is 10.9 Å². The smallest absolute Gasteiger partial charge is 0.132 e. The number of aromatic amines is 1. The van der Waals surface area contributed by atoms with Crippen molar-refractivity contribution in [3.05, 3.63) is 68.4 Å². The zero-order valence-corrected chi connectivity index (χ0v) is 15.3. The molecule has 124 valence electrons. The van der Waals surface area contributed by atoms with Gasteiger partial charge in [0.05, 0.1) is 6.04 Å². The zero-order chi connectivity index (χ0) is 16.8. The van der Waals surface area contributed by atoms with Crippen molar-refractivity contribution in [1.82, 2.24) is 10.3 Å². The van der Waals surface area contributed by atoms with Crippen molar-refractivity contribution in [2.24, 2.45) is 0 Å². The monoisotopic (exact) mass is 438 g/mol. The molecule has 2 unspecified atom stereocenters. The Balaban J connectivity index is 1.97. The highest BCUT2D eigenvalue weighted by molar-refractivity contribution is 14.1. The van der Waals surface area contributed by atoms with Gasteiger partial charge in [0.2, 0.25) is 0 Å². The minimum atomic E-state index is -0.505. The van der Waals surface area contributed by atoms with Crippen LogP contribution in [0.3, 0.4) is 0 Å². The van der Waals surface area contributed by atoms with Crippen molar-refractivity contribution in [2.75, 3.05) is 6.54 Å². The van der Waals surface area contributed by atoms with Crippen molar-refractivity contribution in [3.8, 4) is 0 Å². The van der Waals surface area contributed by atoms with Gasteiger partial charge in [-0.3, -0.25) is 0 Å². The molecule has 2 N–H and O–H groups in total. The van der Waals surface area contributed by atoms with Gasteiger partial charge in [0, 0.05) is 25.7 Å². The Labute approximate surface area is 152 Å². The number of H-pyrrole nitrogens is 1. The number of hydrogen-bond acceptors (Lipinski definition) is 1. The Bertz CT molecular complexity index is 896. The molecular weight excluding hydrogens is 421 g/mol. The van der Waals surface area contributed by atoms with Gasteiger partial charge in [0.25, 0.3) is 0 Å². The largest absolute Gasteiger partial charge is 0.357 e. The topological polar surface area (TPSA) is 27.8 Å². The van der Waals surface area contributed by atoms with Crippen molar-refractivity contribution in [1.29, 1.82) is 0 Å². The number of halogens is 3. The normalized spacial score (nSPS) is 20.8. The Morgan fingerprint density at radius 2 is 1.79 bits per heavy atom. The minimum Gasteiger partial charge on any atom is -0.357 e. The number of fused-ring (bicyclic) bond motifs is 3. The minimum absolute atomic E-state index is 0.0947. The summed E-state index contributed by atoms with van der Waals surface area (Å²) in [7, 11) is 0. The van der Waals surface area contributed by atoms with Crippen LogP contribution in [0.5, 0.6) is 0 Å². The van der Waals surface area contributed by atoms with E-state index in [-0.39, 0.29) is 5.56 Å². The third kappa shape index (κ3) is 2.54. The van der Waals surface area contributed by atoms with E-state index in [1.165, 1.54) is 12.1 Å².